The molecule has 0 aliphatic carbocycles. The van der Waals surface area contributed by atoms with Crippen molar-refractivity contribution in [2.45, 2.75) is 79.0 Å². The van der Waals surface area contributed by atoms with Crippen LogP contribution in [0.15, 0.2) is 12.4 Å². The van der Waals surface area contributed by atoms with Gasteiger partial charge in [0.05, 0.1) is 23.5 Å². The van der Waals surface area contributed by atoms with E-state index in [4.69, 9.17) is 20.9 Å². The van der Waals surface area contributed by atoms with Gasteiger partial charge in [0.15, 0.2) is 12.5 Å². The van der Waals surface area contributed by atoms with E-state index in [0.717, 1.165) is 23.5 Å². The lowest BCUT2D eigenvalue weighted by molar-refractivity contribution is 0.0123. The second kappa shape index (κ2) is 13.2. The molecule has 180 valence electrons. The minimum absolute atomic E-state index is 0. The van der Waals surface area contributed by atoms with Crippen LogP contribution in [0, 0.1) is 10.8 Å². The molecule has 31 heavy (non-hydrogen) atoms. The van der Waals surface area contributed by atoms with E-state index in [1.807, 2.05) is 41.5 Å². The van der Waals surface area contributed by atoms with Crippen molar-refractivity contribution in [3.63, 3.8) is 0 Å². The van der Waals surface area contributed by atoms with Gasteiger partial charge in [-0.25, -0.2) is 0 Å². The van der Waals surface area contributed by atoms with Crippen molar-refractivity contribution in [3.05, 3.63) is 12.4 Å². The first kappa shape index (κ1) is 29.5. The maximum Gasteiger partial charge on any atom is 0.247 e. The van der Waals surface area contributed by atoms with E-state index >= 15 is 0 Å². The molecule has 0 saturated carbocycles. The first-order valence-corrected chi connectivity index (χ1v) is 11.0. The van der Waals surface area contributed by atoms with Crippen LogP contribution in [0.5, 0.6) is 11.8 Å². The van der Waals surface area contributed by atoms with E-state index in [9.17, 15) is 10.2 Å². The molecule has 0 aromatic carbocycles. The van der Waals surface area contributed by atoms with Crippen molar-refractivity contribution in [1.82, 2.24) is 17.5 Å². The van der Waals surface area contributed by atoms with Crippen molar-refractivity contribution in [2.24, 2.45) is 22.3 Å². The van der Waals surface area contributed by atoms with Gasteiger partial charge in [-0.15, -0.1) is 8.75 Å². The van der Waals surface area contributed by atoms with E-state index in [2.05, 4.69) is 17.5 Å². The number of nitrogens with two attached hydrogens (primary N) is 2. The maximum absolute atomic E-state index is 9.76. The van der Waals surface area contributed by atoms with Crippen molar-refractivity contribution in [3.8, 4) is 11.8 Å². The molecule has 2 aromatic rings. The number of hydrogen-bond donors (Lipinski definition) is 4. The summed E-state index contributed by atoms with van der Waals surface area (Å²) in [5, 5.41) is 19.5. The fourth-order valence-electron chi connectivity index (χ4n) is 2.34. The largest absolute Gasteiger partial charge is 0.454 e. The molecule has 8 N–H and O–H groups in total. The lowest BCUT2D eigenvalue weighted by Crippen LogP contribution is -2.41. The highest BCUT2D eigenvalue weighted by Gasteiger charge is 2.24. The molecule has 4 unspecified atom stereocenters. The molecule has 2 heterocycles. The summed E-state index contributed by atoms with van der Waals surface area (Å²) in [6.45, 7) is 12.2. The molecule has 0 amide bonds. The summed E-state index contributed by atoms with van der Waals surface area (Å²) in [7, 11) is 0. The van der Waals surface area contributed by atoms with E-state index in [0.29, 0.717) is 24.6 Å². The fraction of sp³-hybridized carbons (Fsp3) is 0.778. The van der Waals surface area contributed by atoms with E-state index < -0.39 is 24.7 Å². The summed E-state index contributed by atoms with van der Waals surface area (Å²) in [4.78, 5) is 0. The Morgan fingerprint density at radius 1 is 0.806 bits per heavy atom. The molecule has 11 nitrogen and oxygen atoms in total. The van der Waals surface area contributed by atoms with Gasteiger partial charge in [-0.05, 0) is 23.7 Å². The van der Waals surface area contributed by atoms with Crippen LogP contribution < -0.4 is 20.9 Å². The van der Waals surface area contributed by atoms with Crippen molar-refractivity contribution in [2.75, 3.05) is 0 Å². The molecular weight excluding hydrogens is 444 g/mol. The minimum atomic E-state index is -0.756. The third-order valence-corrected chi connectivity index (χ3v) is 4.52. The number of rotatable bonds is 8. The highest BCUT2D eigenvalue weighted by atomic mass is 32.1. The first-order valence-electron chi connectivity index (χ1n) is 9.52. The zero-order chi connectivity index (χ0) is 22.9. The fourth-order valence-corrected chi connectivity index (χ4v) is 3.05. The van der Waals surface area contributed by atoms with E-state index in [-0.39, 0.29) is 16.3 Å². The average molecular weight is 481 g/mol. The van der Waals surface area contributed by atoms with Crippen LogP contribution in [0.3, 0.4) is 0 Å². The Hall–Kier alpha value is -1.48. The molecule has 0 fully saturated rings. The Bertz CT molecular complexity index is 631. The maximum atomic E-state index is 9.76. The molecule has 2 rings (SSSR count). The molecule has 2 aromatic heterocycles. The zero-order valence-electron chi connectivity index (χ0n) is 18.8. The second-order valence-electron chi connectivity index (χ2n) is 9.32. The standard InChI is InChI=1S/2C9H17N3O2S.H2O/c2*1-9(2,3)4-6(13)8(10)14-7-5-11-15-12-7;/h2*5-6,8,13H,4,10H2,1-3H3;1H2. The molecule has 0 spiro atoms. The molecule has 0 aliphatic rings. The second-order valence-corrected chi connectivity index (χ2v) is 10.4. The highest BCUT2D eigenvalue weighted by molar-refractivity contribution is 6.99. The van der Waals surface area contributed by atoms with Crippen molar-refractivity contribution in [1.29, 1.82) is 0 Å². The summed E-state index contributed by atoms with van der Waals surface area (Å²) in [5.74, 6) is 0.723. The quantitative estimate of drug-likeness (QED) is 0.398. The molecule has 13 heteroatoms. The van der Waals surface area contributed by atoms with Gasteiger partial charge in [0, 0.05) is 0 Å². The zero-order valence-corrected chi connectivity index (χ0v) is 20.5. The molecule has 0 aliphatic heterocycles. The molecule has 0 bridgehead atoms. The third kappa shape index (κ3) is 13.5. The lowest BCUT2D eigenvalue weighted by atomic mass is 9.89. The average Bonchev–Trinajstić information content (AvgIpc) is 3.26. The van der Waals surface area contributed by atoms with Gasteiger partial charge < -0.3 is 25.2 Å². The van der Waals surface area contributed by atoms with Crippen LogP contribution in [0.1, 0.15) is 54.4 Å². The van der Waals surface area contributed by atoms with Crippen LogP contribution in [0.25, 0.3) is 0 Å². The Morgan fingerprint density at radius 3 is 1.35 bits per heavy atom. The number of ether oxygens (including phenoxy) is 2. The first-order chi connectivity index (χ1) is 13.8. The summed E-state index contributed by atoms with van der Waals surface area (Å²) < 4.78 is 25.7. The van der Waals surface area contributed by atoms with Gasteiger partial charge in [0.25, 0.3) is 0 Å². The van der Waals surface area contributed by atoms with Crippen LogP contribution in [-0.2, 0) is 0 Å². The lowest BCUT2D eigenvalue weighted by Gasteiger charge is -2.25. The summed E-state index contributed by atoms with van der Waals surface area (Å²) in [6.07, 6.45) is 1.19. The van der Waals surface area contributed by atoms with Crippen LogP contribution >= 0.6 is 23.5 Å². The van der Waals surface area contributed by atoms with E-state index in [1.54, 1.807) is 0 Å². The summed E-state index contributed by atoms with van der Waals surface area (Å²) >= 11 is 2.09. The summed E-state index contributed by atoms with van der Waals surface area (Å²) in [6, 6.07) is 0. The normalized spacial score (nSPS) is 15.5. The van der Waals surface area contributed by atoms with Gasteiger partial charge in [0.2, 0.25) is 11.8 Å². The molecule has 0 radical (unpaired) electrons. The number of nitrogens with zero attached hydrogens (tertiary/aromatic N) is 4. The highest BCUT2D eigenvalue weighted by Crippen LogP contribution is 2.23. The number of hydrogen-bond acceptors (Lipinski definition) is 12. The number of aliphatic hydroxyl groups is 2. The number of aliphatic hydroxyl groups excluding tert-OH is 2. The Kier molecular flexibility index (Phi) is 12.5. The van der Waals surface area contributed by atoms with Gasteiger partial charge in [0.1, 0.15) is 24.6 Å². The third-order valence-electron chi connectivity index (χ3n) is 3.60. The van der Waals surface area contributed by atoms with Crippen LogP contribution in [0.2, 0.25) is 0 Å². The molecule has 0 saturated heterocycles. The summed E-state index contributed by atoms with van der Waals surface area (Å²) in [5.41, 5.74) is 11.4. The topological polar surface area (TPSA) is 194 Å². The molecular formula is C18H36N6O5S2. The Labute approximate surface area is 191 Å². The predicted octanol–water partition coefficient (Wildman–Crippen LogP) is 1.17. The van der Waals surface area contributed by atoms with Crippen LogP contribution in [0.4, 0.5) is 0 Å². The minimum Gasteiger partial charge on any atom is -0.454 e. The Morgan fingerprint density at radius 2 is 1.13 bits per heavy atom. The number of aromatic nitrogens is 4. The molecule has 4 atom stereocenters. The smallest absolute Gasteiger partial charge is 0.247 e. The predicted molar refractivity (Wildman–Crippen MR) is 121 cm³/mol. The van der Waals surface area contributed by atoms with Crippen molar-refractivity contribution >= 4 is 23.5 Å². The van der Waals surface area contributed by atoms with Gasteiger partial charge >= 0.3 is 0 Å². The van der Waals surface area contributed by atoms with E-state index in [1.165, 1.54) is 12.4 Å². The SMILES string of the molecule is CC(C)(C)CC(O)C(N)Oc1cnsn1.CC(C)(C)CC(O)C(N)Oc1cnsn1.O. The van der Waals surface area contributed by atoms with Gasteiger partial charge in [-0.3, -0.25) is 11.5 Å². The van der Waals surface area contributed by atoms with Gasteiger partial charge in [-0.1, -0.05) is 41.5 Å². The van der Waals surface area contributed by atoms with Gasteiger partial charge in [-0.2, -0.15) is 8.75 Å². The monoisotopic (exact) mass is 480 g/mol. The van der Waals surface area contributed by atoms with Crippen LogP contribution in [-0.4, -0.2) is 57.8 Å². The van der Waals surface area contributed by atoms with Crippen molar-refractivity contribution < 1.29 is 25.2 Å². The Balaban J connectivity index is 0.000000562.